The first-order chi connectivity index (χ1) is 9.76. The van der Waals surface area contributed by atoms with Crippen LogP contribution < -0.4 is 15.8 Å². The number of carbonyl (C=O) groups excluding carboxylic acids is 1. The number of nitrogens with one attached hydrogen (secondary N) is 1. The average molecular weight is 337 g/mol. The van der Waals surface area contributed by atoms with Crippen molar-refractivity contribution < 1.29 is 18.3 Å². The van der Waals surface area contributed by atoms with Crippen LogP contribution in [0.1, 0.15) is 33.6 Å². The van der Waals surface area contributed by atoms with Crippen LogP contribution >= 0.6 is 12.4 Å². The number of nitrogens with two attached hydrogens (primary N) is 1. The molecule has 2 unspecified atom stereocenters. The molecule has 7 heteroatoms. The summed E-state index contributed by atoms with van der Waals surface area (Å²) >= 11 is 0. The van der Waals surface area contributed by atoms with Crippen molar-refractivity contribution in [3.8, 4) is 5.75 Å². The van der Waals surface area contributed by atoms with Gasteiger partial charge >= 0.3 is 0 Å². The van der Waals surface area contributed by atoms with E-state index in [2.05, 4.69) is 5.32 Å². The third-order valence-corrected chi connectivity index (χ3v) is 3.05. The zero-order valence-corrected chi connectivity index (χ0v) is 13.8. The Hall–Kier alpha value is -1.40. The molecular formula is C15H23ClF2N2O2. The van der Waals surface area contributed by atoms with Crippen molar-refractivity contribution in [2.24, 2.45) is 5.73 Å². The van der Waals surface area contributed by atoms with Crippen LogP contribution in [0.25, 0.3) is 0 Å². The lowest BCUT2D eigenvalue weighted by atomic mass is 9.96. The molecule has 126 valence electrons. The summed E-state index contributed by atoms with van der Waals surface area (Å²) in [6.45, 7) is 5.40. The summed E-state index contributed by atoms with van der Waals surface area (Å²) in [7, 11) is 0. The highest BCUT2D eigenvalue weighted by Gasteiger charge is 2.28. The standard InChI is InChI=1S/C15H22F2N2O2.ClH/c1-4-7-15(3,18)14(20)19-10(2)9-21-13-6-5-11(16)8-12(13)17;/h5-6,8,10H,4,7,9,18H2,1-3H3,(H,19,20);1H. The Bertz CT molecular complexity index is 498. The predicted molar refractivity (Wildman–Crippen MR) is 84.2 cm³/mol. The highest BCUT2D eigenvalue weighted by Crippen LogP contribution is 2.17. The maximum atomic E-state index is 13.4. The Balaban J connectivity index is 0.00000441. The van der Waals surface area contributed by atoms with Crippen LogP contribution in [0.2, 0.25) is 0 Å². The molecule has 0 heterocycles. The molecule has 0 aliphatic carbocycles. The molecule has 1 aromatic carbocycles. The van der Waals surface area contributed by atoms with Gasteiger partial charge in [0.15, 0.2) is 11.6 Å². The zero-order valence-electron chi connectivity index (χ0n) is 13.0. The average Bonchev–Trinajstić information content (AvgIpc) is 2.37. The molecule has 0 radical (unpaired) electrons. The normalized spacial score (nSPS) is 14.5. The van der Waals surface area contributed by atoms with Gasteiger partial charge in [-0.2, -0.15) is 0 Å². The Kier molecular flexibility index (Phi) is 8.34. The van der Waals surface area contributed by atoms with Crippen molar-refractivity contribution in [3.05, 3.63) is 29.8 Å². The van der Waals surface area contributed by atoms with Crippen molar-refractivity contribution in [2.75, 3.05) is 6.61 Å². The van der Waals surface area contributed by atoms with Crippen LogP contribution in [0.15, 0.2) is 18.2 Å². The van der Waals surface area contributed by atoms with Gasteiger partial charge in [-0.15, -0.1) is 12.4 Å². The number of ether oxygens (including phenoxy) is 1. The van der Waals surface area contributed by atoms with Gasteiger partial charge in [-0.25, -0.2) is 8.78 Å². The molecule has 22 heavy (non-hydrogen) atoms. The number of carbonyl (C=O) groups is 1. The van der Waals surface area contributed by atoms with Crippen molar-refractivity contribution >= 4 is 18.3 Å². The molecule has 2 atom stereocenters. The van der Waals surface area contributed by atoms with Gasteiger partial charge in [-0.1, -0.05) is 13.3 Å². The van der Waals surface area contributed by atoms with Crippen LogP contribution in [0.4, 0.5) is 8.78 Å². The lowest BCUT2D eigenvalue weighted by Crippen LogP contribution is -2.54. The summed E-state index contributed by atoms with van der Waals surface area (Å²) in [5, 5.41) is 2.72. The van der Waals surface area contributed by atoms with Gasteiger partial charge in [0, 0.05) is 6.07 Å². The van der Waals surface area contributed by atoms with Crippen LogP contribution in [0.3, 0.4) is 0 Å². The lowest BCUT2D eigenvalue weighted by molar-refractivity contribution is -0.126. The zero-order chi connectivity index (χ0) is 16.0. The van der Waals surface area contributed by atoms with Crippen molar-refractivity contribution in [1.82, 2.24) is 5.32 Å². The summed E-state index contributed by atoms with van der Waals surface area (Å²) in [5.74, 6) is -1.77. The van der Waals surface area contributed by atoms with E-state index in [0.717, 1.165) is 18.6 Å². The molecule has 1 amide bonds. The molecule has 0 saturated heterocycles. The molecule has 3 N–H and O–H groups in total. The smallest absolute Gasteiger partial charge is 0.240 e. The third kappa shape index (κ3) is 6.15. The van der Waals surface area contributed by atoms with Gasteiger partial charge < -0.3 is 15.8 Å². The predicted octanol–water partition coefficient (Wildman–Crippen LogP) is 2.79. The van der Waals surface area contributed by atoms with Crippen LogP contribution in [-0.2, 0) is 4.79 Å². The molecule has 0 aromatic heterocycles. The van der Waals surface area contributed by atoms with E-state index < -0.39 is 17.2 Å². The van der Waals surface area contributed by atoms with E-state index in [4.69, 9.17) is 10.5 Å². The molecule has 4 nitrogen and oxygen atoms in total. The van der Waals surface area contributed by atoms with Crippen molar-refractivity contribution in [1.29, 1.82) is 0 Å². The largest absolute Gasteiger partial charge is 0.488 e. The molecule has 0 aliphatic heterocycles. The number of hydrogen-bond donors (Lipinski definition) is 2. The van der Waals surface area contributed by atoms with E-state index in [1.807, 2.05) is 6.92 Å². The molecule has 1 rings (SSSR count). The van der Waals surface area contributed by atoms with Gasteiger partial charge in [0.25, 0.3) is 0 Å². The summed E-state index contributed by atoms with van der Waals surface area (Å²) in [6, 6.07) is 2.72. The second-order valence-corrected chi connectivity index (χ2v) is 5.43. The molecule has 0 bridgehead atoms. The SMILES string of the molecule is CCCC(C)(N)C(=O)NC(C)COc1ccc(F)cc1F.Cl. The van der Waals surface area contributed by atoms with Crippen molar-refractivity contribution in [3.63, 3.8) is 0 Å². The van der Waals surface area contributed by atoms with E-state index in [9.17, 15) is 13.6 Å². The Morgan fingerprint density at radius 3 is 2.64 bits per heavy atom. The quantitative estimate of drug-likeness (QED) is 0.804. The van der Waals surface area contributed by atoms with Crippen LogP contribution in [0.5, 0.6) is 5.75 Å². The Labute approximate surface area is 135 Å². The second kappa shape index (κ2) is 8.90. The highest BCUT2D eigenvalue weighted by atomic mass is 35.5. The number of halogens is 3. The van der Waals surface area contributed by atoms with Gasteiger partial charge in [0.05, 0.1) is 11.6 Å². The van der Waals surface area contributed by atoms with E-state index in [-0.39, 0.29) is 36.7 Å². The molecular weight excluding hydrogens is 314 g/mol. The topological polar surface area (TPSA) is 64.4 Å². The van der Waals surface area contributed by atoms with E-state index >= 15 is 0 Å². The Morgan fingerprint density at radius 2 is 2.09 bits per heavy atom. The summed E-state index contributed by atoms with van der Waals surface area (Å²) in [6.07, 6.45) is 1.37. The summed E-state index contributed by atoms with van der Waals surface area (Å²) < 4.78 is 31.4. The third-order valence-electron chi connectivity index (χ3n) is 3.05. The highest BCUT2D eigenvalue weighted by molar-refractivity contribution is 5.86. The summed E-state index contributed by atoms with van der Waals surface area (Å²) in [4.78, 5) is 12.0. The van der Waals surface area contributed by atoms with Gasteiger partial charge in [-0.3, -0.25) is 4.79 Å². The van der Waals surface area contributed by atoms with E-state index in [1.54, 1.807) is 13.8 Å². The molecule has 0 spiro atoms. The number of hydrogen-bond acceptors (Lipinski definition) is 3. The number of amides is 1. The fraction of sp³-hybridized carbons (Fsp3) is 0.533. The number of rotatable bonds is 7. The minimum atomic E-state index is -0.940. The molecule has 1 aromatic rings. The first-order valence-electron chi connectivity index (χ1n) is 6.94. The first-order valence-corrected chi connectivity index (χ1v) is 6.94. The van der Waals surface area contributed by atoms with Crippen LogP contribution in [0, 0.1) is 11.6 Å². The van der Waals surface area contributed by atoms with E-state index in [1.165, 1.54) is 6.07 Å². The van der Waals surface area contributed by atoms with Gasteiger partial charge in [0.2, 0.25) is 5.91 Å². The minimum absolute atomic E-state index is 0. The van der Waals surface area contributed by atoms with Crippen LogP contribution in [-0.4, -0.2) is 24.1 Å². The minimum Gasteiger partial charge on any atom is -0.488 e. The molecule has 0 aliphatic rings. The molecule has 0 fully saturated rings. The van der Waals surface area contributed by atoms with Crippen molar-refractivity contribution in [2.45, 2.75) is 45.2 Å². The summed E-state index contributed by atoms with van der Waals surface area (Å²) in [5.41, 5.74) is 4.97. The second-order valence-electron chi connectivity index (χ2n) is 5.43. The Morgan fingerprint density at radius 1 is 1.45 bits per heavy atom. The maximum absolute atomic E-state index is 13.4. The lowest BCUT2D eigenvalue weighted by Gasteiger charge is -2.25. The van der Waals surface area contributed by atoms with Gasteiger partial charge in [-0.05, 0) is 32.4 Å². The maximum Gasteiger partial charge on any atom is 0.240 e. The first kappa shape index (κ1) is 20.6. The monoisotopic (exact) mass is 336 g/mol. The fourth-order valence-electron chi connectivity index (χ4n) is 1.87. The number of benzene rings is 1. The van der Waals surface area contributed by atoms with E-state index in [0.29, 0.717) is 6.42 Å². The fourth-order valence-corrected chi connectivity index (χ4v) is 1.87. The van der Waals surface area contributed by atoms with Gasteiger partial charge in [0.1, 0.15) is 12.4 Å². The molecule has 0 saturated carbocycles.